The molecule has 1 aromatic carbocycles. The monoisotopic (exact) mass is 222 g/mol. The second-order valence-electron chi connectivity index (χ2n) is 3.66. The Morgan fingerprint density at radius 3 is 2.31 bits per heavy atom. The lowest BCUT2D eigenvalue weighted by molar-refractivity contribution is 0.0646. The third-order valence-electron chi connectivity index (χ3n) is 2.86. The largest absolute Gasteiger partial charge is 0.493 e. The fourth-order valence-electron chi connectivity index (χ4n) is 1.98. The summed E-state index contributed by atoms with van der Waals surface area (Å²) >= 11 is 0. The molecule has 1 unspecified atom stereocenters. The molecule has 16 heavy (non-hydrogen) atoms. The highest BCUT2D eigenvalue weighted by Crippen LogP contribution is 2.35. The van der Waals surface area contributed by atoms with Crippen LogP contribution in [0.4, 0.5) is 0 Å². The Hall–Kier alpha value is -1.55. The summed E-state index contributed by atoms with van der Waals surface area (Å²) in [5.74, 6) is 1.23. The first kappa shape index (κ1) is 11.0. The molecule has 0 aliphatic heterocycles. The second kappa shape index (κ2) is 4.14. The number of ether oxygens (including phenoxy) is 3. The summed E-state index contributed by atoms with van der Waals surface area (Å²) in [4.78, 5) is 11.9. The van der Waals surface area contributed by atoms with E-state index >= 15 is 0 Å². The minimum atomic E-state index is -0.369. The maximum Gasteiger partial charge on any atom is 0.192 e. The van der Waals surface area contributed by atoms with E-state index in [1.165, 1.54) is 0 Å². The van der Waals surface area contributed by atoms with E-state index in [1.54, 1.807) is 27.4 Å². The van der Waals surface area contributed by atoms with Crippen molar-refractivity contribution in [2.45, 2.75) is 12.5 Å². The minimum absolute atomic E-state index is 0.0125. The minimum Gasteiger partial charge on any atom is -0.493 e. The Morgan fingerprint density at radius 1 is 1.12 bits per heavy atom. The number of carbonyl (C=O) groups is 1. The quantitative estimate of drug-likeness (QED) is 0.776. The summed E-state index contributed by atoms with van der Waals surface area (Å²) in [5.41, 5.74) is 1.62. The van der Waals surface area contributed by atoms with Crippen molar-refractivity contribution in [2.75, 3.05) is 21.3 Å². The molecule has 0 heterocycles. The lowest BCUT2D eigenvalue weighted by Gasteiger charge is -2.08. The molecule has 86 valence electrons. The van der Waals surface area contributed by atoms with Crippen molar-refractivity contribution in [3.05, 3.63) is 23.3 Å². The van der Waals surface area contributed by atoms with E-state index in [4.69, 9.17) is 14.2 Å². The van der Waals surface area contributed by atoms with Crippen LogP contribution < -0.4 is 9.47 Å². The van der Waals surface area contributed by atoms with Crippen molar-refractivity contribution in [2.24, 2.45) is 0 Å². The van der Waals surface area contributed by atoms with Gasteiger partial charge in [-0.25, -0.2) is 0 Å². The number of fused-ring (bicyclic) bond motifs is 1. The molecule has 4 nitrogen and oxygen atoms in total. The van der Waals surface area contributed by atoms with Crippen LogP contribution in [0.2, 0.25) is 0 Å². The van der Waals surface area contributed by atoms with Gasteiger partial charge in [-0.2, -0.15) is 0 Å². The molecule has 0 aromatic heterocycles. The predicted molar refractivity (Wildman–Crippen MR) is 58.4 cm³/mol. The Labute approximate surface area is 94.1 Å². The molecule has 2 rings (SSSR count). The van der Waals surface area contributed by atoms with Crippen molar-refractivity contribution < 1.29 is 19.0 Å². The number of hydrogen-bond acceptors (Lipinski definition) is 4. The summed E-state index contributed by atoms with van der Waals surface area (Å²) in [6.45, 7) is 0. The highest BCUT2D eigenvalue weighted by atomic mass is 16.5. The van der Waals surface area contributed by atoms with Crippen LogP contribution in [0.25, 0.3) is 0 Å². The average molecular weight is 222 g/mol. The highest BCUT2D eigenvalue weighted by molar-refractivity contribution is 6.04. The number of Topliss-reactive ketones (excluding diaryl/α,β-unsaturated/α-hetero) is 1. The molecule has 4 heteroatoms. The van der Waals surface area contributed by atoms with E-state index in [0.717, 1.165) is 5.56 Å². The van der Waals surface area contributed by atoms with Crippen molar-refractivity contribution in [3.8, 4) is 11.5 Å². The Bertz CT molecular complexity index is 425. The SMILES string of the molecule is COc1cc2c(cc1OC)C(=O)C(OC)C2. The van der Waals surface area contributed by atoms with Crippen molar-refractivity contribution in [3.63, 3.8) is 0 Å². The predicted octanol–water partition coefficient (Wildman–Crippen LogP) is 1.46. The van der Waals surface area contributed by atoms with Crippen molar-refractivity contribution in [1.82, 2.24) is 0 Å². The molecule has 0 N–H and O–H groups in total. The van der Waals surface area contributed by atoms with Crippen LogP contribution in [0.3, 0.4) is 0 Å². The normalized spacial score (nSPS) is 18.4. The molecule has 0 amide bonds. The first-order valence-electron chi connectivity index (χ1n) is 5.03. The Kier molecular flexibility index (Phi) is 2.83. The van der Waals surface area contributed by atoms with E-state index in [2.05, 4.69) is 0 Å². The van der Waals surface area contributed by atoms with Gasteiger partial charge in [0.25, 0.3) is 0 Å². The summed E-state index contributed by atoms with van der Waals surface area (Å²) in [6.07, 6.45) is 0.234. The molecule has 1 aromatic rings. The molecule has 0 bridgehead atoms. The van der Waals surface area contributed by atoms with Gasteiger partial charge in [-0.15, -0.1) is 0 Å². The zero-order valence-corrected chi connectivity index (χ0v) is 9.57. The summed E-state index contributed by atoms with van der Waals surface area (Å²) in [5, 5.41) is 0. The standard InChI is InChI=1S/C12H14O4/c1-14-9-4-7-5-11(16-3)12(13)8(7)6-10(9)15-2/h4,6,11H,5H2,1-3H3. The smallest absolute Gasteiger partial charge is 0.192 e. The lowest BCUT2D eigenvalue weighted by Crippen LogP contribution is -2.17. The van der Waals surface area contributed by atoms with E-state index in [9.17, 15) is 4.79 Å². The molecular formula is C12H14O4. The topological polar surface area (TPSA) is 44.8 Å². The van der Waals surface area contributed by atoms with Gasteiger partial charge < -0.3 is 14.2 Å². The molecule has 1 atom stereocenters. The van der Waals surface area contributed by atoms with Gasteiger partial charge >= 0.3 is 0 Å². The van der Waals surface area contributed by atoms with Gasteiger partial charge in [-0.1, -0.05) is 0 Å². The van der Waals surface area contributed by atoms with Crippen molar-refractivity contribution in [1.29, 1.82) is 0 Å². The molecule has 0 saturated heterocycles. The fourth-order valence-corrected chi connectivity index (χ4v) is 1.98. The molecule has 0 saturated carbocycles. The van der Waals surface area contributed by atoms with Crippen LogP contribution in [0.15, 0.2) is 12.1 Å². The Balaban J connectivity index is 2.47. The lowest BCUT2D eigenvalue weighted by atomic mass is 10.1. The van der Waals surface area contributed by atoms with Crippen LogP contribution in [-0.2, 0) is 11.2 Å². The van der Waals surface area contributed by atoms with Crippen molar-refractivity contribution >= 4 is 5.78 Å². The number of methoxy groups -OCH3 is 3. The van der Waals surface area contributed by atoms with Gasteiger partial charge in [0.15, 0.2) is 17.3 Å². The molecular weight excluding hydrogens is 208 g/mol. The van der Waals surface area contributed by atoms with Gasteiger partial charge in [0.05, 0.1) is 14.2 Å². The van der Waals surface area contributed by atoms with Crippen LogP contribution in [0.5, 0.6) is 11.5 Å². The zero-order valence-electron chi connectivity index (χ0n) is 9.57. The van der Waals surface area contributed by atoms with Gasteiger partial charge in [0, 0.05) is 19.1 Å². The van der Waals surface area contributed by atoms with Crippen LogP contribution >= 0.6 is 0 Å². The number of hydrogen-bond donors (Lipinski definition) is 0. The molecule has 0 fully saturated rings. The van der Waals surface area contributed by atoms with Gasteiger partial charge in [-0.05, 0) is 17.7 Å². The molecule has 1 aliphatic carbocycles. The number of carbonyl (C=O) groups excluding carboxylic acids is 1. The highest BCUT2D eigenvalue weighted by Gasteiger charge is 2.31. The third-order valence-corrected chi connectivity index (χ3v) is 2.86. The Morgan fingerprint density at radius 2 is 1.75 bits per heavy atom. The van der Waals surface area contributed by atoms with Gasteiger partial charge in [0.2, 0.25) is 0 Å². The molecule has 1 aliphatic rings. The molecule has 0 radical (unpaired) electrons. The van der Waals surface area contributed by atoms with E-state index in [0.29, 0.717) is 23.5 Å². The third kappa shape index (κ3) is 1.55. The maximum absolute atomic E-state index is 11.9. The summed E-state index contributed by atoms with van der Waals surface area (Å²) in [6, 6.07) is 3.56. The number of benzene rings is 1. The maximum atomic E-state index is 11.9. The second-order valence-corrected chi connectivity index (χ2v) is 3.66. The van der Waals surface area contributed by atoms with Gasteiger partial charge in [-0.3, -0.25) is 4.79 Å². The van der Waals surface area contributed by atoms with E-state index in [1.807, 2.05) is 6.07 Å². The average Bonchev–Trinajstić information content (AvgIpc) is 2.63. The summed E-state index contributed by atoms with van der Waals surface area (Å²) < 4.78 is 15.5. The van der Waals surface area contributed by atoms with Crippen LogP contribution in [-0.4, -0.2) is 33.2 Å². The first-order chi connectivity index (χ1) is 7.71. The van der Waals surface area contributed by atoms with E-state index < -0.39 is 0 Å². The zero-order chi connectivity index (χ0) is 11.7. The molecule has 0 spiro atoms. The number of rotatable bonds is 3. The van der Waals surface area contributed by atoms with Gasteiger partial charge in [0.1, 0.15) is 6.10 Å². The van der Waals surface area contributed by atoms with E-state index in [-0.39, 0.29) is 11.9 Å². The van der Waals surface area contributed by atoms with Crippen LogP contribution in [0.1, 0.15) is 15.9 Å². The number of ketones is 1. The van der Waals surface area contributed by atoms with Crippen LogP contribution in [0, 0.1) is 0 Å². The first-order valence-corrected chi connectivity index (χ1v) is 5.03. The summed E-state index contributed by atoms with van der Waals surface area (Å²) in [7, 11) is 4.68. The fraction of sp³-hybridized carbons (Fsp3) is 0.417.